The van der Waals surface area contributed by atoms with Crippen LogP contribution < -0.4 is 0 Å². The lowest BCUT2D eigenvalue weighted by molar-refractivity contribution is 0.198. The van der Waals surface area contributed by atoms with Gasteiger partial charge < -0.3 is 4.74 Å². The summed E-state index contributed by atoms with van der Waals surface area (Å²) in [7, 11) is 0. The summed E-state index contributed by atoms with van der Waals surface area (Å²) in [6.07, 6.45) is 2.56. The second-order valence-electron chi connectivity index (χ2n) is 1.40. The third-order valence-corrected chi connectivity index (χ3v) is 0.827. The van der Waals surface area contributed by atoms with Crippen molar-refractivity contribution < 1.29 is 4.74 Å². The standard InChI is InChI=1S/C4H8O.CBrN/c1-2-4-5-3-1;2-1-3/h1-4H2;. The van der Waals surface area contributed by atoms with Crippen molar-refractivity contribution in [2.45, 2.75) is 12.8 Å². The molecule has 1 saturated heterocycles. The molecule has 0 bridgehead atoms. The number of nitriles is 1. The number of hydrogen-bond donors (Lipinski definition) is 0. The Morgan fingerprint density at radius 1 is 1.38 bits per heavy atom. The first-order valence-electron chi connectivity index (χ1n) is 2.49. The molecule has 0 amide bonds. The van der Waals surface area contributed by atoms with E-state index in [9.17, 15) is 0 Å². The molecule has 0 atom stereocenters. The van der Waals surface area contributed by atoms with Crippen LogP contribution in [0.5, 0.6) is 0 Å². The van der Waals surface area contributed by atoms with Gasteiger partial charge in [-0.05, 0) is 12.8 Å². The zero-order chi connectivity index (χ0) is 6.24. The van der Waals surface area contributed by atoms with E-state index in [2.05, 4.69) is 15.9 Å². The minimum absolute atomic E-state index is 1.00. The van der Waals surface area contributed by atoms with Gasteiger partial charge in [-0.15, -0.1) is 0 Å². The highest BCUT2D eigenvalue weighted by Gasteiger charge is 1.94. The predicted octanol–water partition coefficient (Wildman–Crippen LogP) is 1.66. The number of rotatable bonds is 0. The first-order chi connectivity index (χ1) is 3.91. The molecule has 1 rings (SSSR count). The molecule has 0 aliphatic carbocycles. The maximum absolute atomic E-state index is 7.24. The van der Waals surface area contributed by atoms with Gasteiger partial charge in [0.1, 0.15) is 4.98 Å². The molecule has 0 unspecified atom stereocenters. The Labute approximate surface area is 57.6 Å². The molecule has 0 saturated carbocycles. The summed E-state index contributed by atoms with van der Waals surface area (Å²) in [6.45, 7) is 2.00. The topological polar surface area (TPSA) is 33.0 Å². The van der Waals surface area contributed by atoms with Crippen molar-refractivity contribution in [2.24, 2.45) is 0 Å². The monoisotopic (exact) mass is 177 g/mol. The molecule has 46 valence electrons. The third-order valence-electron chi connectivity index (χ3n) is 0.827. The molecular formula is C5H8BrNO. The van der Waals surface area contributed by atoms with Crippen LogP contribution in [0.3, 0.4) is 0 Å². The molecule has 0 aromatic heterocycles. The predicted molar refractivity (Wildman–Crippen MR) is 34.6 cm³/mol. The van der Waals surface area contributed by atoms with E-state index in [-0.39, 0.29) is 0 Å². The maximum Gasteiger partial charge on any atom is 0.142 e. The average Bonchev–Trinajstić information content (AvgIpc) is 2.17. The summed E-state index contributed by atoms with van der Waals surface area (Å²) in [5.74, 6) is 0. The third kappa shape index (κ3) is 5.93. The van der Waals surface area contributed by atoms with Crippen LogP contribution in [0, 0.1) is 10.2 Å². The van der Waals surface area contributed by atoms with Gasteiger partial charge in [-0.25, -0.2) is 0 Å². The molecule has 1 aliphatic rings. The van der Waals surface area contributed by atoms with Crippen molar-refractivity contribution in [3.63, 3.8) is 0 Å². The highest BCUT2D eigenvalue weighted by Crippen LogP contribution is 1.98. The van der Waals surface area contributed by atoms with Crippen LogP contribution in [0.1, 0.15) is 12.8 Å². The summed E-state index contributed by atoms with van der Waals surface area (Å²) in [4.78, 5) is 1.56. The van der Waals surface area contributed by atoms with Crippen molar-refractivity contribution >= 4 is 15.9 Å². The summed E-state index contributed by atoms with van der Waals surface area (Å²) < 4.78 is 4.94. The Morgan fingerprint density at radius 2 is 1.75 bits per heavy atom. The molecule has 3 heteroatoms. The summed E-state index contributed by atoms with van der Waals surface area (Å²) in [5, 5.41) is 7.24. The Hall–Kier alpha value is -0.0700. The fourth-order valence-corrected chi connectivity index (χ4v) is 0.510. The van der Waals surface area contributed by atoms with Gasteiger partial charge in [0.2, 0.25) is 0 Å². The van der Waals surface area contributed by atoms with Gasteiger partial charge in [0.25, 0.3) is 0 Å². The normalized spacial score (nSPS) is 16.0. The molecule has 1 heterocycles. The van der Waals surface area contributed by atoms with Crippen LogP contribution in [0.25, 0.3) is 0 Å². The lowest BCUT2D eigenvalue weighted by atomic mass is 10.4. The molecule has 1 aliphatic heterocycles. The molecule has 0 N–H and O–H groups in total. The molecule has 2 nitrogen and oxygen atoms in total. The first kappa shape index (κ1) is 7.93. The highest BCUT2D eigenvalue weighted by atomic mass is 79.9. The lowest BCUT2D eigenvalue weighted by Gasteiger charge is -1.76. The van der Waals surface area contributed by atoms with Gasteiger partial charge in [-0.2, -0.15) is 5.26 Å². The van der Waals surface area contributed by atoms with Crippen molar-refractivity contribution in [2.75, 3.05) is 13.2 Å². The Bertz CT molecular complexity index is 67.4. The van der Waals surface area contributed by atoms with E-state index in [4.69, 9.17) is 10.00 Å². The Kier molecular flexibility index (Phi) is 6.87. The van der Waals surface area contributed by atoms with E-state index in [1.807, 2.05) is 0 Å². The van der Waals surface area contributed by atoms with Gasteiger partial charge in [0.15, 0.2) is 0 Å². The van der Waals surface area contributed by atoms with Crippen molar-refractivity contribution in [3.8, 4) is 4.98 Å². The van der Waals surface area contributed by atoms with Gasteiger partial charge in [0, 0.05) is 29.1 Å². The molecule has 0 aromatic rings. The molecule has 1 fully saturated rings. The second kappa shape index (κ2) is 6.93. The van der Waals surface area contributed by atoms with E-state index in [0.717, 1.165) is 13.2 Å². The van der Waals surface area contributed by atoms with Gasteiger partial charge in [-0.1, -0.05) is 0 Å². The number of halogens is 1. The molecular weight excluding hydrogens is 170 g/mol. The highest BCUT2D eigenvalue weighted by molar-refractivity contribution is 9.12. The van der Waals surface area contributed by atoms with Crippen LogP contribution in [0.2, 0.25) is 0 Å². The largest absolute Gasteiger partial charge is 0.381 e. The molecule has 0 radical (unpaired) electrons. The van der Waals surface area contributed by atoms with E-state index in [0.29, 0.717) is 0 Å². The van der Waals surface area contributed by atoms with Gasteiger partial charge in [0.05, 0.1) is 0 Å². The van der Waals surface area contributed by atoms with E-state index >= 15 is 0 Å². The smallest absolute Gasteiger partial charge is 0.142 e. The van der Waals surface area contributed by atoms with Crippen molar-refractivity contribution in [3.05, 3.63) is 0 Å². The van der Waals surface area contributed by atoms with Crippen molar-refractivity contribution in [1.29, 1.82) is 5.26 Å². The van der Waals surface area contributed by atoms with Crippen LogP contribution in [0.15, 0.2) is 0 Å². The van der Waals surface area contributed by atoms with Crippen LogP contribution >= 0.6 is 15.9 Å². The maximum atomic E-state index is 7.24. The van der Waals surface area contributed by atoms with Gasteiger partial charge in [-0.3, -0.25) is 0 Å². The molecule has 8 heavy (non-hydrogen) atoms. The van der Waals surface area contributed by atoms with Crippen LogP contribution in [0.4, 0.5) is 0 Å². The minimum Gasteiger partial charge on any atom is -0.381 e. The van der Waals surface area contributed by atoms with Crippen molar-refractivity contribution in [1.82, 2.24) is 0 Å². The SMILES string of the molecule is C1CCOC1.N#CBr. The van der Waals surface area contributed by atoms with E-state index in [1.54, 1.807) is 4.98 Å². The zero-order valence-electron chi connectivity index (χ0n) is 4.56. The molecule has 0 spiro atoms. The summed E-state index contributed by atoms with van der Waals surface area (Å²) in [6, 6.07) is 0. The fourth-order valence-electron chi connectivity index (χ4n) is 0.510. The Morgan fingerprint density at radius 3 is 1.88 bits per heavy atom. The number of nitrogens with zero attached hydrogens (tertiary/aromatic N) is 1. The minimum atomic E-state index is 1.00. The van der Waals surface area contributed by atoms with Crippen LogP contribution in [-0.2, 0) is 4.74 Å². The average molecular weight is 178 g/mol. The number of hydrogen-bond acceptors (Lipinski definition) is 2. The lowest BCUT2D eigenvalue weighted by Crippen LogP contribution is -1.74. The fraction of sp³-hybridized carbons (Fsp3) is 0.800. The van der Waals surface area contributed by atoms with Gasteiger partial charge >= 0.3 is 0 Å². The summed E-state index contributed by atoms with van der Waals surface area (Å²) in [5.41, 5.74) is 0. The zero-order valence-corrected chi connectivity index (χ0v) is 6.15. The van der Waals surface area contributed by atoms with Crippen LogP contribution in [-0.4, -0.2) is 13.2 Å². The van der Waals surface area contributed by atoms with E-state index in [1.165, 1.54) is 12.8 Å². The second-order valence-corrected chi connectivity index (χ2v) is 1.76. The summed E-state index contributed by atoms with van der Waals surface area (Å²) >= 11 is 2.45. The number of ether oxygens (including phenoxy) is 1. The molecule has 0 aromatic carbocycles. The first-order valence-corrected chi connectivity index (χ1v) is 3.28. The Balaban J connectivity index is 0.000000145. The van der Waals surface area contributed by atoms with E-state index < -0.39 is 0 Å². The quantitative estimate of drug-likeness (QED) is 0.565.